The number of nitrogens with zero attached hydrogens (tertiary/aromatic N) is 1. The molecule has 1 atom stereocenters. The van der Waals surface area contributed by atoms with Crippen LogP contribution in [0.15, 0.2) is 59.1 Å². The van der Waals surface area contributed by atoms with Crippen molar-refractivity contribution in [3.8, 4) is 0 Å². The minimum absolute atomic E-state index is 0. The molecule has 0 saturated heterocycles. The molecule has 2 aromatic rings. The fourth-order valence-corrected chi connectivity index (χ4v) is 3.21. The molecule has 2 N–H and O–H groups in total. The van der Waals surface area contributed by atoms with Crippen LogP contribution in [0.5, 0.6) is 0 Å². The van der Waals surface area contributed by atoms with Crippen LogP contribution in [-0.4, -0.2) is 16.8 Å². The van der Waals surface area contributed by atoms with Crippen LogP contribution in [0.2, 0.25) is 0 Å². The summed E-state index contributed by atoms with van der Waals surface area (Å²) in [6, 6.07) is 18.1. The van der Waals surface area contributed by atoms with Gasteiger partial charge in [-0.1, -0.05) is 58.4 Å². The second kappa shape index (κ2) is 8.65. The number of carbonyl (C=O) groups is 1. The predicted molar refractivity (Wildman–Crippen MR) is 103 cm³/mol. The van der Waals surface area contributed by atoms with E-state index in [1.54, 1.807) is 0 Å². The lowest BCUT2D eigenvalue weighted by Crippen LogP contribution is -2.34. The van der Waals surface area contributed by atoms with Crippen LogP contribution in [0.1, 0.15) is 36.4 Å². The molecular weight excluding hydrogens is 388 g/mol. The Balaban J connectivity index is 0.00000208. The molecule has 0 heterocycles. The summed E-state index contributed by atoms with van der Waals surface area (Å²) in [4.78, 5) is 14.7. The molecule has 1 saturated carbocycles. The quantitative estimate of drug-likeness (QED) is 0.766. The van der Waals surface area contributed by atoms with Gasteiger partial charge in [0.25, 0.3) is 0 Å². The van der Waals surface area contributed by atoms with Crippen LogP contribution >= 0.6 is 28.3 Å². The molecule has 128 valence electrons. The lowest BCUT2D eigenvalue weighted by molar-refractivity contribution is -0.132. The van der Waals surface area contributed by atoms with E-state index in [0.717, 1.165) is 28.4 Å². The minimum Gasteiger partial charge on any atom is -0.335 e. The number of halogens is 2. The van der Waals surface area contributed by atoms with Crippen LogP contribution in [0, 0.1) is 0 Å². The number of rotatable bonds is 6. The van der Waals surface area contributed by atoms with Gasteiger partial charge in [0, 0.05) is 29.5 Å². The first-order valence-electron chi connectivity index (χ1n) is 7.98. The molecule has 3 rings (SSSR count). The molecule has 1 fully saturated rings. The van der Waals surface area contributed by atoms with Gasteiger partial charge in [-0.15, -0.1) is 12.4 Å². The average molecular weight is 410 g/mol. The Labute approximate surface area is 157 Å². The van der Waals surface area contributed by atoms with E-state index in [0.29, 0.717) is 19.0 Å². The van der Waals surface area contributed by atoms with Crippen molar-refractivity contribution in [2.24, 2.45) is 5.73 Å². The van der Waals surface area contributed by atoms with Crippen LogP contribution in [0.4, 0.5) is 0 Å². The van der Waals surface area contributed by atoms with Crippen molar-refractivity contribution in [1.82, 2.24) is 4.90 Å². The van der Waals surface area contributed by atoms with Gasteiger partial charge in [-0.25, -0.2) is 0 Å². The Kier molecular flexibility index (Phi) is 6.84. The molecule has 0 spiro atoms. The Morgan fingerprint density at radius 1 is 1.17 bits per heavy atom. The third-order valence-corrected chi connectivity index (χ3v) is 4.67. The summed E-state index contributed by atoms with van der Waals surface area (Å²) < 4.78 is 1.04. The number of amides is 1. The highest BCUT2D eigenvalue weighted by Crippen LogP contribution is 2.30. The zero-order valence-electron chi connectivity index (χ0n) is 13.4. The first-order chi connectivity index (χ1) is 11.1. The van der Waals surface area contributed by atoms with Gasteiger partial charge < -0.3 is 10.6 Å². The molecule has 0 bridgehead atoms. The number of hydrogen-bond acceptors (Lipinski definition) is 2. The minimum atomic E-state index is -0.243. The number of hydrogen-bond donors (Lipinski definition) is 1. The van der Waals surface area contributed by atoms with Crippen LogP contribution < -0.4 is 5.73 Å². The van der Waals surface area contributed by atoms with Gasteiger partial charge in [-0.3, -0.25) is 4.79 Å². The lowest BCUT2D eigenvalue weighted by Gasteiger charge is -2.24. The summed E-state index contributed by atoms with van der Waals surface area (Å²) in [6.45, 7) is 0.657. The highest BCUT2D eigenvalue weighted by Gasteiger charge is 2.33. The zero-order chi connectivity index (χ0) is 16.2. The highest BCUT2D eigenvalue weighted by atomic mass is 79.9. The van der Waals surface area contributed by atoms with Crippen molar-refractivity contribution < 1.29 is 4.79 Å². The molecule has 1 aliphatic carbocycles. The molecule has 0 aliphatic heterocycles. The maximum atomic E-state index is 12.7. The number of benzene rings is 2. The molecule has 1 aliphatic rings. The Hall–Kier alpha value is -1.36. The average Bonchev–Trinajstić information content (AvgIpc) is 3.38. The van der Waals surface area contributed by atoms with E-state index in [1.807, 2.05) is 47.4 Å². The van der Waals surface area contributed by atoms with E-state index in [2.05, 4.69) is 28.1 Å². The second-order valence-electron chi connectivity index (χ2n) is 6.10. The molecule has 0 aromatic heterocycles. The fourth-order valence-electron chi connectivity index (χ4n) is 2.76. The first kappa shape index (κ1) is 19.0. The summed E-state index contributed by atoms with van der Waals surface area (Å²) in [5.74, 6) is 0.142. The molecule has 24 heavy (non-hydrogen) atoms. The lowest BCUT2D eigenvalue weighted by atomic mass is 10.0. The number of nitrogens with two attached hydrogens (primary N) is 1. The van der Waals surface area contributed by atoms with Gasteiger partial charge in [0.15, 0.2) is 0 Å². The van der Waals surface area contributed by atoms with Gasteiger partial charge in [0.2, 0.25) is 5.91 Å². The molecule has 5 heteroatoms. The number of carbonyl (C=O) groups excluding carboxylic acids is 1. The SMILES string of the molecule is Cl.NC(CC(=O)N(Cc1cccc(Br)c1)C1CC1)c1ccccc1. The molecule has 1 amide bonds. The second-order valence-corrected chi connectivity index (χ2v) is 7.02. The van der Waals surface area contributed by atoms with Gasteiger partial charge in [0.05, 0.1) is 0 Å². The van der Waals surface area contributed by atoms with E-state index in [9.17, 15) is 4.79 Å². The van der Waals surface area contributed by atoms with Crippen molar-refractivity contribution in [2.75, 3.05) is 0 Å². The van der Waals surface area contributed by atoms with E-state index < -0.39 is 0 Å². The van der Waals surface area contributed by atoms with Crippen molar-refractivity contribution in [3.05, 3.63) is 70.2 Å². The summed E-state index contributed by atoms with van der Waals surface area (Å²) in [5.41, 5.74) is 8.38. The Morgan fingerprint density at radius 3 is 2.50 bits per heavy atom. The molecule has 3 nitrogen and oxygen atoms in total. The van der Waals surface area contributed by atoms with E-state index in [4.69, 9.17) is 5.73 Å². The largest absolute Gasteiger partial charge is 0.335 e. The van der Waals surface area contributed by atoms with Gasteiger partial charge in [-0.2, -0.15) is 0 Å². The van der Waals surface area contributed by atoms with E-state index >= 15 is 0 Å². The monoisotopic (exact) mass is 408 g/mol. The Bertz CT molecular complexity index is 676. The fraction of sp³-hybridized carbons (Fsp3) is 0.316. The van der Waals surface area contributed by atoms with Crippen molar-refractivity contribution in [2.45, 2.75) is 37.9 Å². The van der Waals surface area contributed by atoms with Gasteiger partial charge in [0.1, 0.15) is 0 Å². The molecule has 2 aromatic carbocycles. The third-order valence-electron chi connectivity index (χ3n) is 4.17. The third kappa shape index (κ3) is 5.07. The van der Waals surface area contributed by atoms with Crippen molar-refractivity contribution in [1.29, 1.82) is 0 Å². The summed E-state index contributed by atoms with van der Waals surface area (Å²) >= 11 is 3.49. The standard InChI is InChI=1S/C19H21BrN2O.ClH/c20-16-8-4-5-14(11-16)13-22(17-9-10-17)19(23)12-18(21)15-6-2-1-3-7-15;/h1-8,11,17-18H,9-10,12-13,21H2;1H. The Morgan fingerprint density at radius 2 is 1.88 bits per heavy atom. The zero-order valence-corrected chi connectivity index (χ0v) is 15.8. The van der Waals surface area contributed by atoms with Gasteiger partial charge in [-0.05, 0) is 36.1 Å². The summed E-state index contributed by atoms with van der Waals surface area (Å²) in [7, 11) is 0. The van der Waals surface area contributed by atoms with Crippen molar-refractivity contribution >= 4 is 34.2 Å². The maximum Gasteiger partial charge on any atom is 0.225 e. The first-order valence-corrected chi connectivity index (χ1v) is 8.77. The van der Waals surface area contributed by atoms with Crippen LogP contribution in [-0.2, 0) is 11.3 Å². The molecule has 1 unspecified atom stereocenters. The summed E-state index contributed by atoms with van der Waals surface area (Å²) in [5, 5.41) is 0. The van der Waals surface area contributed by atoms with E-state index in [1.165, 1.54) is 0 Å². The van der Waals surface area contributed by atoms with Crippen LogP contribution in [0.3, 0.4) is 0 Å². The van der Waals surface area contributed by atoms with Crippen molar-refractivity contribution in [3.63, 3.8) is 0 Å². The van der Waals surface area contributed by atoms with E-state index in [-0.39, 0.29) is 24.4 Å². The highest BCUT2D eigenvalue weighted by molar-refractivity contribution is 9.10. The topological polar surface area (TPSA) is 46.3 Å². The van der Waals surface area contributed by atoms with Gasteiger partial charge >= 0.3 is 0 Å². The molecule has 0 radical (unpaired) electrons. The molecular formula is C19H22BrClN2O. The maximum absolute atomic E-state index is 12.7. The smallest absolute Gasteiger partial charge is 0.225 e. The summed E-state index contributed by atoms with van der Waals surface area (Å²) in [6.07, 6.45) is 2.55. The normalized spacial score (nSPS) is 14.6. The van der Waals surface area contributed by atoms with Crippen LogP contribution in [0.25, 0.3) is 0 Å². The predicted octanol–water partition coefficient (Wildman–Crippen LogP) is 4.45.